The van der Waals surface area contributed by atoms with Crippen LogP contribution in [-0.2, 0) is 22.5 Å². The number of carbonyl (C=O) groups is 1. The number of ether oxygens (including phenoxy) is 1. The fraction of sp³-hybridized carbons (Fsp3) is 0.407. The van der Waals surface area contributed by atoms with E-state index in [1.54, 1.807) is 11.3 Å². The van der Waals surface area contributed by atoms with Gasteiger partial charge < -0.3 is 19.9 Å². The van der Waals surface area contributed by atoms with Crippen LogP contribution in [0, 0.1) is 0 Å². The second-order valence-electron chi connectivity index (χ2n) is 9.30. The van der Waals surface area contributed by atoms with E-state index in [2.05, 4.69) is 63.5 Å². The zero-order valence-corrected chi connectivity index (χ0v) is 21.1. The third-order valence-electron chi connectivity index (χ3n) is 6.60. The van der Waals surface area contributed by atoms with E-state index in [1.165, 1.54) is 11.3 Å². The van der Waals surface area contributed by atoms with Crippen LogP contribution in [0.1, 0.15) is 11.3 Å². The summed E-state index contributed by atoms with van der Waals surface area (Å²) in [4.78, 5) is 24.5. The van der Waals surface area contributed by atoms with Crippen LogP contribution in [0.25, 0.3) is 10.6 Å². The standard InChI is InChI=1S/C27H33N5O2S/c1-30-9-11-32(12-10-30)25-7-5-23(6-8-25)28-26(33)18-24-20-35-27(29-24)22-4-2-3-21(17-22)19-31-13-15-34-16-14-31/h2-8,17,20H,9-16,18-19H2,1H3,(H,28,33). The van der Waals surface area contributed by atoms with Gasteiger partial charge in [-0.25, -0.2) is 4.98 Å². The maximum absolute atomic E-state index is 12.6. The topological polar surface area (TPSA) is 60.9 Å². The molecule has 1 N–H and O–H groups in total. The molecule has 8 heteroatoms. The van der Waals surface area contributed by atoms with Crippen molar-refractivity contribution in [2.45, 2.75) is 13.0 Å². The van der Waals surface area contributed by atoms with E-state index in [0.717, 1.165) is 81.0 Å². The molecule has 2 fully saturated rings. The fourth-order valence-electron chi connectivity index (χ4n) is 4.53. The average molecular weight is 492 g/mol. The van der Waals surface area contributed by atoms with Crippen LogP contribution < -0.4 is 10.2 Å². The summed E-state index contributed by atoms with van der Waals surface area (Å²) >= 11 is 1.59. The number of likely N-dealkylation sites (N-methyl/N-ethyl adjacent to an activating group) is 1. The normalized spacial score (nSPS) is 17.5. The van der Waals surface area contributed by atoms with E-state index in [4.69, 9.17) is 9.72 Å². The van der Waals surface area contributed by atoms with Crippen LogP contribution in [-0.4, -0.2) is 80.2 Å². The lowest BCUT2D eigenvalue weighted by molar-refractivity contribution is -0.115. The molecule has 0 aliphatic carbocycles. The Morgan fingerprint density at radius 2 is 1.80 bits per heavy atom. The highest BCUT2D eigenvalue weighted by Crippen LogP contribution is 2.26. The maximum Gasteiger partial charge on any atom is 0.230 e. The van der Waals surface area contributed by atoms with Gasteiger partial charge in [0.2, 0.25) is 5.91 Å². The Morgan fingerprint density at radius 3 is 2.57 bits per heavy atom. The molecular formula is C27H33N5O2S. The summed E-state index contributed by atoms with van der Waals surface area (Å²) in [5.74, 6) is -0.0461. The first-order valence-corrected chi connectivity index (χ1v) is 13.2. The van der Waals surface area contributed by atoms with Crippen LogP contribution in [0.5, 0.6) is 0 Å². The van der Waals surface area contributed by atoms with Crippen molar-refractivity contribution in [1.29, 1.82) is 0 Å². The van der Waals surface area contributed by atoms with Crippen LogP contribution in [0.3, 0.4) is 0 Å². The lowest BCUT2D eigenvalue weighted by Crippen LogP contribution is -2.44. The number of aromatic nitrogens is 1. The van der Waals surface area contributed by atoms with Gasteiger partial charge in [-0.3, -0.25) is 9.69 Å². The summed E-state index contributed by atoms with van der Waals surface area (Å²) in [7, 11) is 2.16. The molecule has 2 saturated heterocycles. The van der Waals surface area contributed by atoms with Gasteiger partial charge in [0.05, 0.1) is 25.3 Å². The van der Waals surface area contributed by atoms with E-state index in [1.807, 2.05) is 17.5 Å². The van der Waals surface area contributed by atoms with E-state index in [0.29, 0.717) is 0 Å². The number of rotatable bonds is 7. The lowest BCUT2D eigenvalue weighted by Gasteiger charge is -2.34. The van der Waals surface area contributed by atoms with Gasteiger partial charge in [0.1, 0.15) is 5.01 Å². The Labute approximate surface area is 211 Å². The van der Waals surface area contributed by atoms with E-state index in [-0.39, 0.29) is 12.3 Å². The number of morpholine rings is 1. The molecule has 0 spiro atoms. The number of hydrogen-bond donors (Lipinski definition) is 1. The predicted octanol–water partition coefficient (Wildman–Crippen LogP) is 3.58. The number of nitrogens with zero attached hydrogens (tertiary/aromatic N) is 4. The molecule has 2 aliphatic rings. The zero-order valence-electron chi connectivity index (χ0n) is 20.3. The summed E-state index contributed by atoms with van der Waals surface area (Å²) in [5, 5.41) is 5.95. The second-order valence-corrected chi connectivity index (χ2v) is 10.2. The monoisotopic (exact) mass is 491 g/mol. The molecule has 35 heavy (non-hydrogen) atoms. The molecule has 0 atom stereocenters. The van der Waals surface area contributed by atoms with E-state index < -0.39 is 0 Å². The first-order chi connectivity index (χ1) is 17.1. The minimum atomic E-state index is -0.0461. The molecule has 1 amide bonds. The van der Waals surface area contributed by atoms with E-state index >= 15 is 0 Å². The molecule has 5 rings (SSSR count). The average Bonchev–Trinajstić information content (AvgIpc) is 3.34. The Morgan fingerprint density at radius 1 is 1.03 bits per heavy atom. The smallest absolute Gasteiger partial charge is 0.230 e. The third-order valence-corrected chi connectivity index (χ3v) is 7.54. The zero-order chi connectivity index (χ0) is 24.0. The number of hydrogen-bond acceptors (Lipinski definition) is 7. The van der Waals surface area contributed by atoms with Crippen LogP contribution in [0.15, 0.2) is 53.9 Å². The highest BCUT2D eigenvalue weighted by Gasteiger charge is 2.15. The number of nitrogens with one attached hydrogen (secondary N) is 1. The number of anilines is 2. The van der Waals surface area contributed by atoms with Crippen LogP contribution in [0.2, 0.25) is 0 Å². The van der Waals surface area contributed by atoms with Crippen LogP contribution >= 0.6 is 11.3 Å². The van der Waals surface area contributed by atoms with Gasteiger partial charge in [-0.1, -0.05) is 18.2 Å². The van der Waals surface area contributed by atoms with Crippen molar-refractivity contribution < 1.29 is 9.53 Å². The molecule has 2 aromatic carbocycles. The van der Waals surface area contributed by atoms with Gasteiger partial charge in [0.25, 0.3) is 0 Å². The quantitative estimate of drug-likeness (QED) is 0.545. The Balaban J connectivity index is 1.15. The summed E-state index contributed by atoms with van der Waals surface area (Å²) in [6, 6.07) is 16.7. The number of amides is 1. The molecule has 3 aromatic rings. The molecule has 0 bridgehead atoms. The summed E-state index contributed by atoms with van der Waals surface area (Å²) in [6.45, 7) is 8.69. The van der Waals surface area contributed by atoms with Crippen molar-refractivity contribution in [1.82, 2.24) is 14.8 Å². The first-order valence-electron chi connectivity index (χ1n) is 12.3. The Hall–Kier alpha value is -2.78. The molecule has 0 saturated carbocycles. The van der Waals surface area contributed by atoms with Gasteiger partial charge in [-0.2, -0.15) is 0 Å². The molecular weight excluding hydrogens is 458 g/mol. The number of carbonyl (C=O) groups excluding carboxylic acids is 1. The molecule has 0 radical (unpaired) electrons. The number of benzene rings is 2. The van der Waals surface area contributed by atoms with Crippen molar-refractivity contribution in [3.05, 3.63) is 65.2 Å². The van der Waals surface area contributed by atoms with Crippen LogP contribution in [0.4, 0.5) is 11.4 Å². The predicted molar refractivity (Wildman–Crippen MR) is 142 cm³/mol. The van der Waals surface area contributed by atoms with Crippen molar-refractivity contribution >= 4 is 28.6 Å². The molecule has 7 nitrogen and oxygen atoms in total. The molecule has 0 unspecified atom stereocenters. The molecule has 1 aromatic heterocycles. The summed E-state index contributed by atoms with van der Waals surface area (Å²) < 4.78 is 5.45. The van der Waals surface area contributed by atoms with Gasteiger partial charge in [-0.15, -0.1) is 11.3 Å². The minimum Gasteiger partial charge on any atom is -0.379 e. The van der Waals surface area contributed by atoms with Gasteiger partial charge >= 0.3 is 0 Å². The highest BCUT2D eigenvalue weighted by atomic mass is 32.1. The fourth-order valence-corrected chi connectivity index (χ4v) is 5.35. The van der Waals surface area contributed by atoms with Crippen molar-refractivity contribution in [3.8, 4) is 10.6 Å². The van der Waals surface area contributed by atoms with Gasteiger partial charge in [0.15, 0.2) is 0 Å². The molecule has 3 heterocycles. The first kappa shape index (κ1) is 23.9. The SMILES string of the molecule is CN1CCN(c2ccc(NC(=O)Cc3csc(-c4cccc(CN5CCOCC5)c4)n3)cc2)CC1. The van der Waals surface area contributed by atoms with Crippen molar-refractivity contribution in [2.24, 2.45) is 0 Å². The third kappa shape index (κ3) is 6.46. The summed E-state index contributed by atoms with van der Waals surface area (Å²) in [5.41, 5.74) is 5.20. The minimum absolute atomic E-state index is 0.0461. The largest absolute Gasteiger partial charge is 0.379 e. The molecule has 2 aliphatic heterocycles. The van der Waals surface area contributed by atoms with Crippen molar-refractivity contribution in [3.63, 3.8) is 0 Å². The second kappa shape index (κ2) is 11.3. The van der Waals surface area contributed by atoms with Crippen molar-refractivity contribution in [2.75, 3.05) is 69.7 Å². The maximum atomic E-state index is 12.6. The Bertz CT molecular complexity index is 1120. The summed E-state index contributed by atoms with van der Waals surface area (Å²) in [6.07, 6.45) is 0.268. The van der Waals surface area contributed by atoms with Gasteiger partial charge in [-0.05, 0) is 42.9 Å². The number of thiazole rings is 1. The highest BCUT2D eigenvalue weighted by molar-refractivity contribution is 7.13. The molecule has 184 valence electrons. The Kier molecular flexibility index (Phi) is 7.73. The number of piperazine rings is 1. The lowest BCUT2D eigenvalue weighted by atomic mass is 10.1. The van der Waals surface area contributed by atoms with E-state index in [9.17, 15) is 4.79 Å². The van der Waals surface area contributed by atoms with Gasteiger partial charge in [0, 0.05) is 68.1 Å².